The third-order valence-electron chi connectivity index (χ3n) is 3.94. The summed E-state index contributed by atoms with van der Waals surface area (Å²) in [7, 11) is 0. The number of nitrogens with one attached hydrogen (secondary N) is 1. The van der Waals surface area contributed by atoms with Crippen LogP contribution in [-0.2, 0) is 11.2 Å². The molecule has 1 aromatic carbocycles. The zero-order valence-corrected chi connectivity index (χ0v) is 13.7. The first-order valence-corrected chi connectivity index (χ1v) is 8.20. The molecule has 3 N–H and O–H groups in total. The molecule has 20 heavy (non-hydrogen) atoms. The van der Waals surface area contributed by atoms with Crippen LogP contribution in [0.1, 0.15) is 31.2 Å². The first kappa shape index (κ1) is 15.8. The fourth-order valence-electron chi connectivity index (χ4n) is 2.77. The fourth-order valence-corrected chi connectivity index (χ4v) is 3.41. The molecule has 0 bridgehead atoms. The zero-order valence-electron chi connectivity index (χ0n) is 11.4. The molecule has 2 atom stereocenters. The minimum absolute atomic E-state index is 0.0993. The van der Waals surface area contributed by atoms with E-state index in [4.69, 9.17) is 17.3 Å². The van der Waals surface area contributed by atoms with Gasteiger partial charge >= 0.3 is 0 Å². The lowest BCUT2D eigenvalue weighted by atomic mass is 10.0. The number of carbonyl (C=O) groups excluding carboxylic acids is 1. The van der Waals surface area contributed by atoms with Crippen molar-refractivity contribution in [2.24, 2.45) is 11.7 Å². The van der Waals surface area contributed by atoms with Crippen LogP contribution in [0, 0.1) is 5.92 Å². The molecular formula is C15H20BrClN2O. The molecule has 0 saturated heterocycles. The van der Waals surface area contributed by atoms with E-state index in [9.17, 15) is 4.79 Å². The molecule has 1 fully saturated rings. The molecule has 0 spiro atoms. The van der Waals surface area contributed by atoms with Gasteiger partial charge in [-0.1, -0.05) is 34.0 Å². The van der Waals surface area contributed by atoms with Gasteiger partial charge in [-0.3, -0.25) is 4.79 Å². The highest BCUT2D eigenvalue weighted by atomic mass is 79.9. The topological polar surface area (TPSA) is 55.1 Å². The van der Waals surface area contributed by atoms with Crippen molar-refractivity contribution in [3.63, 3.8) is 0 Å². The minimum Gasteiger partial charge on any atom is -0.353 e. The van der Waals surface area contributed by atoms with Gasteiger partial charge in [0.1, 0.15) is 0 Å². The summed E-state index contributed by atoms with van der Waals surface area (Å²) < 4.78 is 0.996. The molecule has 1 aliphatic carbocycles. The fraction of sp³-hybridized carbons (Fsp3) is 0.533. The van der Waals surface area contributed by atoms with E-state index in [1.54, 1.807) is 0 Å². The van der Waals surface area contributed by atoms with Crippen LogP contribution in [0.2, 0.25) is 5.02 Å². The van der Waals surface area contributed by atoms with Gasteiger partial charge in [0.15, 0.2) is 0 Å². The van der Waals surface area contributed by atoms with Crippen molar-refractivity contribution < 1.29 is 4.79 Å². The summed E-state index contributed by atoms with van der Waals surface area (Å²) in [5.41, 5.74) is 6.79. The van der Waals surface area contributed by atoms with E-state index in [-0.39, 0.29) is 11.9 Å². The van der Waals surface area contributed by atoms with E-state index in [0.29, 0.717) is 30.3 Å². The summed E-state index contributed by atoms with van der Waals surface area (Å²) in [5, 5.41) is 3.81. The van der Waals surface area contributed by atoms with Crippen LogP contribution < -0.4 is 11.1 Å². The molecule has 0 heterocycles. The summed E-state index contributed by atoms with van der Waals surface area (Å²) >= 11 is 9.45. The van der Waals surface area contributed by atoms with Crippen molar-refractivity contribution in [1.82, 2.24) is 5.32 Å². The molecule has 2 unspecified atom stereocenters. The Kier molecular flexibility index (Phi) is 5.87. The van der Waals surface area contributed by atoms with Gasteiger partial charge in [0.25, 0.3) is 0 Å². The molecule has 110 valence electrons. The highest BCUT2D eigenvalue weighted by molar-refractivity contribution is 9.10. The standard InChI is InChI=1S/C15H20BrClN2O/c16-13-6-5-12(17)8-10(13)4-7-15(20)19-14-3-1-2-11(14)9-18/h5-6,8,11,14H,1-4,7,9,18H2,(H,19,20). The average Bonchev–Trinajstić information content (AvgIpc) is 2.87. The van der Waals surface area contributed by atoms with E-state index in [1.165, 1.54) is 0 Å². The van der Waals surface area contributed by atoms with E-state index in [0.717, 1.165) is 29.3 Å². The SMILES string of the molecule is NCC1CCCC1NC(=O)CCc1cc(Cl)ccc1Br. The molecule has 2 rings (SSSR count). The molecule has 1 saturated carbocycles. The van der Waals surface area contributed by atoms with Gasteiger partial charge in [0, 0.05) is 22.0 Å². The van der Waals surface area contributed by atoms with Crippen LogP contribution in [0.25, 0.3) is 0 Å². The summed E-state index contributed by atoms with van der Waals surface area (Å²) in [6, 6.07) is 5.91. The van der Waals surface area contributed by atoms with Crippen LogP contribution in [0.5, 0.6) is 0 Å². The molecule has 1 aliphatic rings. The lowest BCUT2D eigenvalue weighted by Gasteiger charge is -2.19. The Bertz CT molecular complexity index is 481. The smallest absolute Gasteiger partial charge is 0.220 e. The van der Waals surface area contributed by atoms with E-state index < -0.39 is 0 Å². The Balaban J connectivity index is 1.84. The number of benzene rings is 1. The number of hydrogen-bond donors (Lipinski definition) is 2. The van der Waals surface area contributed by atoms with Crippen molar-refractivity contribution in [3.05, 3.63) is 33.3 Å². The number of hydrogen-bond acceptors (Lipinski definition) is 2. The first-order valence-electron chi connectivity index (χ1n) is 7.03. The average molecular weight is 360 g/mol. The molecule has 1 amide bonds. The Labute approximate surface area is 133 Å². The summed E-state index contributed by atoms with van der Waals surface area (Å²) in [6.07, 6.45) is 4.50. The summed E-state index contributed by atoms with van der Waals surface area (Å²) in [6.45, 7) is 0.658. The third kappa shape index (κ3) is 4.21. The Morgan fingerprint density at radius 1 is 1.45 bits per heavy atom. The zero-order chi connectivity index (χ0) is 14.5. The van der Waals surface area contributed by atoms with Crippen molar-refractivity contribution in [3.8, 4) is 0 Å². The van der Waals surface area contributed by atoms with Crippen LogP contribution >= 0.6 is 27.5 Å². The van der Waals surface area contributed by atoms with Crippen LogP contribution in [0.15, 0.2) is 22.7 Å². The predicted octanol–water partition coefficient (Wildman–Crippen LogP) is 3.28. The van der Waals surface area contributed by atoms with Gasteiger partial charge < -0.3 is 11.1 Å². The second-order valence-electron chi connectivity index (χ2n) is 5.34. The predicted molar refractivity (Wildman–Crippen MR) is 85.8 cm³/mol. The van der Waals surface area contributed by atoms with Crippen molar-refractivity contribution in [2.45, 2.75) is 38.1 Å². The highest BCUT2D eigenvalue weighted by Gasteiger charge is 2.27. The third-order valence-corrected chi connectivity index (χ3v) is 4.95. The molecule has 5 heteroatoms. The van der Waals surface area contributed by atoms with E-state index in [1.807, 2.05) is 18.2 Å². The lowest BCUT2D eigenvalue weighted by Crippen LogP contribution is -2.39. The molecule has 1 aromatic rings. The maximum absolute atomic E-state index is 12.0. The van der Waals surface area contributed by atoms with Crippen LogP contribution in [-0.4, -0.2) is 18.5 Å². The van der Waals surface area contributed by atoms with Gasteiger partial charge in [-0.2, -0.15) is 0 Å². The molecule has 0 radical (unpaired) electrons. The van der Waals surface area contributed by atoms with E-state index >= 15 is 0 Å². The second kappa shape index (κ2) is 7.43. The maximum atomic E-state index is 12.0. The van der Waals surface area contributed by atoms with Gasteiger partial charge in [-0.15, -0.1) is 0 Å². The van der Waals surface area contributed by atoms with Gasteiger partial charge in [-0.25, -0.2) is 0 Å². The van der Waals surface area contributed by atoms with Crippen molar-refractivity contribution >= 4 is 33.4 Å². The monoisotopic (exact) mass is 358 g/mol. The van der Waals surface area contributed by atoms with Crippen LogP contribution in [0.3, 0.4) is 0 Å². The molecular weight excluding hydrogens is 340 g/mol. The largest absolute Gasteiger partial charge is 0.353 e. The normalized spacial score (nSPS) is 21.9. The lowest BCUT2D eigenvalue weighted by molar-refractivity contribution is -0.122. The number of nitrogens with two attached hydrogens (primary N) is 1. The van der Waals surface area contributed by atoms with Crippen LogP contribution in [0.4, 0.5) is 0 Å². The van der Waals surface area contributed by atoms with Gasteiger partial charge in [0.2, 0.25) is 5.91 Å². The number of amides is 1. The first-order chi connectivity index (χ1) is 9.60. The Morgan fingerprint density at radius 2 is 2.25 bits per heavy atom. The quantitative estimate of drug-likeness (QED) is 0.847. The molecule has 0 aromatic heterocycles. The van der Waals surface area contributed by atoms with Gasteiger partial charge in [0.05, 0.1) is 0 Å². The van der Waals surface area contributed by atoms with Crippen molar-refractivity contribution in [2.75, 3.05) is 6.54 Å². The maximum Gasteiger partial charge on any atom is 0.220 e. The number of carbonyl (C=O) groups is 1. The summed E-state index contributed by atoms with van der Waals surface area (Å²) in [5.74, 6) is 0.541. The summed E-state index contributed by atoms with van der Waals surface area (Å²) in [4.78, 5) is 12.0. The molecule has 3 nitrogen and oxygen atoms in total. The number of aryl methyl sites for hydroxylation is 1. The Morgan fingerprint density at radius 3 is 3.00 bits per heavy atom. The van der Waals surface area contributed by atoms with E-state index in [2.05, 4.69) is 21.2 Å². The van der Waals surface area contributed by atoms with Gasteiger partial charge in [-0.05, 0) is 55.5 Å². The molecule has 0 aliphatic heterocycles. The number of halogens is 2. The van der Waals surface area contributed by atoms with Crippen molar-refractivity contribution in [1.29, 1.82) is 0 Å². The Hall–Kier alpha value is -0.580. The minimum atomic E-state index is 0.0993. The highest BCUT2D eigenvalue weighted by Crippen LogP contribution is 2.25. The number of rotatable bonds is 5. The second-order valence-corrected chi connectivity index (χ2v) is 6.63.